The molecule has 1 fully saturated rings. The molecule has 0 amide bonds. The predicted octanol–water partition coefficient (Wildman–Crippen LogP) is 1.07. The molecule has 8 nitrogen and oxygen atoms in total. The molecule has 1 aromatic rings. The van der Waals surface area contributed by atoms with E-state index in [0.717, 1.165) is 6.07 Å². The van der Waals surface area contributed by atoms with E-state index in [1.165, 1.54) is 6.07 Å². The first kappa shape index (κ1) is 12.4. The van der Waals surface area contributed by atoms with Gasteiger partial charge in [0.2, 0.25) is 6.79 Å². The van der Waals surface area contributed by atoms with Gasteiger partial charge in [-0.1, -0.05) is 0 Å². The molecule has 2 aliphatic heterocycles. The van der Waals surface area contributed by atoms with Crippen molar-refractivity contribution < 1.29 is 28.7 Å². The fourth-order valence-electron chi connectivity index (χ4n) is 2.20. The van der Waals surface area contributed by atoms with Crippen LogP contribution in [0.25, 0.3) is 0 Å². The van der Waals surface area contributed by atoms with Crippen molar-refractivity contribution >= 4 is 17.4 Å². The van der Waals surface area contributed by atoms with Gasteiger partial charge in [-0.3, -0.25) is 19.7 Å². The van der Waals surface area contributed by atoms with Crippen molar-refractivity contribution in [1.82, 2.24) is 0 Å². The molecule has 1 saturated heterocycles. The number of nitro benzene ring substituents is 1. The Hall–Kier alpha value is -2.64. The molecule has 0 aromatic heterocycles. The number of nitro groups is 1. The molecule has 1 aromatic carbocycles. The summed E-state index contributed by atoms with van der Waals surface area (Å²) in [6, 6.07) is 2.38. The van der Waals surface area contributed by atoms with Crippen LogP contribution >= 0.6 is 0 Å². The van der Waals surface area contributed by atoms with Crippen LogP contribution in [-0.2, 0) is 9.53 Å². The Kier molecular flexibility index (Phi) is 2.78. The molecular formula is C12H9NO7. The van der Waals surface area contributed by atoms with Crippen molar-refractivity contribution in [3.05, 3.63) is 27.8 Å². The van der Waals surface area contributed by atoms with Gasteiger partial charge in [-0.05, 0) is 0 Å². The van der Waals surface area contributed by atoms with Gasteiger partial charge in [-0.25, -0.2) is 0 Å². The van der Waals surface area contributed by atoms with E-state index in [2.05, 4.69) is 0 Å². The molecule has 8 heteroatoms. The van der Waals surface area contributed by atoms with Crippen molar-refractivity contribution in [2.45, 2.75) is 6.42 Å². The van der Waals surface area contributed by atoms with Crippen LogP contribution in [0.2, 0.25) is 0 Å². The van der Waals surface area contributed by atoms with Crippen LogP contribution in [-0.4, -0.2) is 30.1 Å². The first-order chi connectivity index (χ1) is 9.58. The second kappa shape index (κ2) is 4.48. The number of hydrogen-bond donors (Lipinski definition) is 0. The standard InChI is InChI=1S/C12H9NO7/c14-11(6-1-2-18-12(6)15)7-3-9-10(20-5-19-9)4-8(7)13(16)17/h3-4,6H,1-2,5H2. The van der Waals surface area contributed by atoms with Crippen molar-refractivity contribution in [2.75, 3.05) is 13.4 Å². The third-order valence-corrected chi connectivity index (χ3v) is 3.20. The van der Waals surface area contributed by atoms with Crippen LogP contribution in [0.3, 0.4) is 0 Å². The normalized spacial score (nSPS) is 19.8. The van der Waals surface area contributed by atoms with Gasteiger partial charge in [0.25, 0.3) is 5.69 Å². The Morgan fingerprint density at radius 3 is 2.55 bits per heavy atom. The Bertz CT molecular complexity index is 624. The molecule has 1 atom stereocenters. The number of fused-ring (bicyclic) bond motifs is 1. The SMILES string of the molecule is O=C1OCCC1C(=O)c1cc2c(cc1[N+](=O)[O-])OCO2. The molecule has 2 heterocycles. The summed E-state index contributed by atoms with van der Waals surface area (Å²) in [5.74, 6) is -1.80. The number of nitrogens with zero attached hydrogens (tertiary/aromatic N) is 1. The van der Waals surface area contributed by atoms with Gasteiger partial charge in [0, 0.05) is 12.5 Å². The Labute approximate surface area is 112 Å². The maximum atomic E-state index is 12.3. The zero-order valence-electron chi connectivity index (χ0n) is 10.2. The number of hydrogen-bond acceptors (Lipinski definition) is 7. The molecular weight excluding hydrogens is 270 g/mol. The zero-order valence-corrected chi connectivity index (χ0v) is 10.2. The molecule has 0 radical (unpaired) electrons. The Morgan fingerprint density at radius 2 is 1.95 bits per heavy atom. The van der Waals surface area contributed by atoms with Gasteiger partial charge < -0.3 is 14.2 Å². The van der Waals surface area contributed by atoms with Gasteiger partial charge in [0.15, 0.2) is 17.3 Å². The number of ketones is 1. The van der Waals surface area contributed by atoms with Crippen molar-refractivity contribution in [3.63, 3.8) is 0 Å². The van der Waals surface area contributed by atoms with Crippen molar-refractivity contribution in [3.8, 4) is 11.5 Å². The van der Waals surface area contributed by atoms with Crippen LogP contribution in [0, 0.1) is 16.0 Å². The number of cyclic esters (lactones) is 1. The molecule has 0 spiro atoms. The lowest BCUT2D eigenvalue weighted by Crippen LogP contribution is -2.20. The molecule has 0 N–H and O–H groups in total. The van der Waals surface area contributed by atoms with Crippen molar-refractivity contribution in [1.29, 1.82) is 0 Å². The highest BCUT2D eigenvalue weighted by Crippen LogP contribution is 2.39. The van der Waals surface area contributed by atoms with Gasteiger partial charge in [0.05, 0.1) is 17.6 Å². The highest BCUT2D eigenvalue weighted by atomic mass is 16.7. The lowest BCUT2D eigenvalue weighted by atomic mass is 9.95. The van der Waals surface area contributed by atoms with Gasteiger partial charge in [-0.2, -0.15) is 0 Å². The number of carbonyl (C=O) groups is 2. The predicted molar refractivity (Wildman–Crippen MR) is 62.6 cm³/mol. The number of esters is 1. The summed E-state index contributed by atoms with van der Waals surface area (Å²) >= 11 is 0. The number of rotatable bonds is 3. The van der Waals surface area contributed by atoms with Gasteiger partial charge >= 0.3 is 5.97 Å². The average molecular weight is 279 g/mol. The van der Waals surface area contributed by atoms with Crippen LogP contribution in [0.15, 0.2) is 12.1 Å². The summed E-state index contributed by atoms with van der Waals surface area (Å²) in [7, 11) is 0. The van der Waals surface area contributed by atoms with Crippen LogP contribution in [0.1, 0.15) is 16.8 Å². The summed E-state index contributed by atoms with van der Waals surface area (Å²) in [6.45, 7) is 0.0865. The third-order valence-electron chi connectivity index (χ3n) is 3.20. The summed E-state index contributed by atoms with van der Waals surface area (Å²) < 4.78 is 14.9. The highest BCUT2D eigenvalue weighted by Gasteiger charge is 2.38. The fourth-order valence-corrected chi connectivity index (χ4v) is 2.20. The van der Waals surface area contributed by atoms with E-state index in [4.69, 9.17) is 14.2 Å². The van der Waals surface area contributed by atoms with Crippen LogP contribution in [0.5, 0.6) is 11.5 Å². The Balaban J connectivity index is 2.05. The lowest BCUT2D eigenvalue weighted by Gasteiger charge is -2.06. The first-order valence-corrected chi connectivity index (χ1v) is 5.87. The van der Waals surface area contributed by atoms with Gasteiger partial charge in [0.1, 0.15) is 11.5 Å². The molecule has 1 unspecified atom stereocenters. The number of ether oxygens (including phenoxy) is 3. The quantitative estimate of drug-likeness (QED) is 0.268. The maximum absolute atomic E-state index is 12.3. The number of benzene rings is 1. The van der Waals surface area contributed by atoms with E-state index < -0.39 is 28.3 Å². The maximum Gasteiger partial charge on any atom is 0.316 e. The third kappa shape index (κ3) is 1.85. The molecule has 0 bridgehead atoms. The number of Topliss-reactive ketones (excluding diaryl/α,β-unsaturated/α-hetero) is 1. The van der Waals surface area contributed by atoms with E-state index in [9.17, 15) is 19.7 Å². The Morgan fingerprint density at radius 1 is 1.25 bits per heavy atom. The minimum absolute atomic E-state index is 0.0599. The van der Waals surface area contributed by atoms with Gasteiger partial charge in [-0.15, -0.1) is 0 Å². The largest absolute Gasteiger partial charge is 0.465 e. The number of carbonyl (C=O) groups excluding carboxylic acids is 2. The van der Waals surface area contributed by atoms with E-state index in [0.29, 0.717) is 0 Å². The van der Waals surface area contributed by atoms with Crippen LogP contribution < -0.4 is 9.47 Å². The molecule has 2 aliphatic rings. The summed E-state index contributed by atoms with van der Waals surface area (Å²) in [6.07, 6.45) is 0.225. The monoisotopic (exact) mass is 279 g/mol. The van der Waals surface area contributed by atoms with E-state index in [1.807, 2.05) is 0 Å². The lowest BCUT2D eigenvalue weighted by molar-refractivity contribution is -0.385. The summed E-state index contributed by atoms with van der Waals surface area (Å²) in [5, 5.41) is 11.1. The van der Waals surface area contributed by atoms with Crippen molar-refractivity contribution in [2.24, 2.45) is 5.92 Å². The average Bonchev–Trinajstić information content (AvgIpc) is 3.04. The minimum Gasteiger partial charge on any atom is -0.465 e. The van der Waals surface area contributed by atoms with E-state index in [-0.39, 0.29) is 36.9 Å². The zero-order chi connectivity index (χ0) is 14.3. The molecule has 104 valence electrons. The molecule has 3 rings (SSSR count). The first-order valence-electron chi connectivity index (χ1n) is 5.87. The molecule has 20 heavy (non-hydrogen) atoms. The summed E-state index contributed by atoms with van der Waals surface area (Å²) in [4.78, 5) is 34.1. The fraction of sp³-hybridized carbons (Fsp3) is 0.333. The minimum atomic E-state index is -0.992. The van der Waals surface area contributed by atoms with E-state index >= 15 is 0 Å². The molecule has 0 saturated carbocycles. The summed E-state index contributed by atoms with van der Waals surface area (Å²) in [5.41, 5.74) is -0.568. The smallest absolute Gasteiger partial charge is 0.316 e. The highest BCUT2D eigenvalue weighted by molar-refractivity contribution is 6.11. The second-order valence-electron chi connectivity index (χ2n) is 4.35. The second-order valence-corrected chi connectivity index (χ2v) is 4.35. The molecule has 0 aliphatic carbocycles. The van der Waals surface area contributed by atoms with Crippen LogP contribution in [0.4, 0.5) is 5.69 Å². The van der Waals surface area contributed by atoms with E-state index in [1.54, 1.807) is 0 Å². The topological polar surface area (TPSA) is 105 Å².